The third-order valence-corrected chi connectivity index (χ3v) is 6.18. The van der Waals surface area contributed by atoms with E-state index in [0.29, 0.717) is 28.4 Å². The summed E-state index contributed by atoms with van der Waals surface area (Å²) in [4.78, 5) is 39.9. The number of imidazole rings is 1. The molecule has 1 atom stereocenters. The minimum Gasteiger partial charge on any atom is -0.381 e. The predicted molar refractivity (Wildman–Crippen MR) is 144 cm³/mol. The second-order valence-corrected chi connectivity index (χ2v) is 8.69. The van der Waals surface area contributed by atoms with Gasteiger partial charge in [-0.05, 0) is 43.2 Å². The highest BCUT2D eigenvalue weighted by atomic mass is 16.2. The highest BCUT2D eigenvalue weighted by molar-refractivity contribution is 6.04. The molecule has 11 heteroatoms. The van der Waals surface area contributed by atoms with E-state index >= 15 is 0 Å². The maximum atomic E-state index is 13.9. The van der Waals surface area contributed by atoms with Crippen molar-refractivity contribution in [3.8, 4) is 17.5 Å². The first-order valence-corrected chi connectivity index (χ1v) is 12.0. The van der Waals surface area contributed by atoms with Crippen LogP contribution in [0.15, 0.2) is 90.4 Å². The van der Waals surface area contributed by atoms with Gasteiger partial charge >= 0.3 is 5.69 Å². The van der Waals surface area contributed by atoms with Gasteiger partial charge in [0.1, 0.15) is 16.9 Å². The number of anilines is 1. The number of carbonyl (C=O) groups is 1. The van der Waals surface area contributed by atoms with Gasteiger partial charge in [0.25, 0.3) is 5.91 Å². The van der Waals surface area contributed by atoms with Crippen LogP contribution in [0.4, 0.5) is 5.82 Å². The average molecular weight is 516 g/mol. The van der Waals surface area contributed by atoms with Crippen molar-refractivity contribution in [2.75, 3.05) is 5.73 Å². The number of hydrogen-bond donors (Lipinski definition) is 2. The summed E-state index contributed by atoms with van der Waals surface area (Å²) in [7, 11) is 0. The molecule has 0 saturated heterocycles. The Labute approximate surface area is 221 Å². The van der Waals surface area contributed by atoms with E-state index in [1.54, 1.807) is 62.2 Å². The Morgan fingerprint density at radius 1 is 1.03 bits per heavy atom. The lowest BCUT2D eigenvalue weighted by Crippen LogP contribution is -2.34. The summed E-state index contributed by atoms with van der Waals surface area (Å²) in [5, 5.41) is 7.11. The number of carbonyl (C=O) groups excluding carboxylic acids is 1. The van der Waals surface area contributed by atoms with Crippen LogP contribution in [0.3, 0.4) is 0 Å². The first-order valence-electron chi connectivity index (χ1n) is 12.0. The van der Waals surface area contributed by atoms with Crippen LogP contribution < -0.4 is 16.7 Å². The van der Waals surface area contributed by atoms with Crippen LogP contribution in [0.5, 0.6) is 0 Å². The van der Waals surface area contributed by atoms with E-state index < -0.39 is 11.9 Å². The molecule has 3 N–H and O–H groups in total. The van der Waals surface area contributed by atoms with Crippen LogP contribution in [0.2, 0.25) is 0 Å². The van der Waals surface area contributed by atoms with Gasteiger partial charge in [-0.3, -0.25) is 14.3 Å². The van der Waals surface area contributed by atoms with Crippen LogP contribution in [-0.4, -0.2) is 39.4 Å². The summed E-state index contributed by atoms with van der Waals surface area (Å²) in [5.74, 6) is 5.67. The smallest absolute Gasteiger partial charge is 0.339 e. The molecule has 5 aromatic heterocycles. The molecule has 5 heterocycles. The summed E-state index contributed by atoms with van der Waals surface area (Å²) >= 11 is 0. The molecule has 0 bridgehead atoms. The maximum absolute atomic E-state index is 13.9. The first kappa shape index (κ1) is 23.6. The topological polar surface area (TPSA) is 138 Å². The lowest BCUT2D eigenvalue weighted by molar-refractivity contribution is 0.0941. The molecular formula is C28H21N9O2. The van der Waals surface area contributed by atoms with E-state index in [1.165, 1.54) is 13.5 Å². The molecular weight excluding hydrogens is 494 g/mol. The molecule has 6 rings (SSSR count). The normalized spacial score (nSPS) is 11.7. The molecule has 0 radical (unpaired) electrons. The Bertz CT molecular complexity index is 1960. The lowest BCUT2D eigenvalue weighted by Gasteiger charge is -2.20. The fraction of sp³-hybridized carbons (Fsp3) is 0.0714. The minimum atomic E-state index is -0.614. The Hall–Kier alpha value is -5.76. The third-order valence-electron chi connectivity index (χ3n) is 6.18. The fourth-order valence-electron chi connectivity index (χ4n) is 4.36. The van der Waals surface area contributed by atoms with Crippen molar-refractivity contribution >= 4 is 23.0 Å². The molecule has 11 nitrogen and oxygen atoms in total. The van der Waals surface area contributed by atoms with Crippen molar-refractivity contribution in [1.82, 2.24) is 38.9 Å². The largest absolute Gasteiger partial charge is 0.381 e. The average Bonchev–Trinajstić information content (AvgIpc) is 3.52. The molecule has 0 fully saturated rings. The molecule has 39 heavy (non-hydrogen) atoms. The standard InChI is InChI=1S/C28H21N9O2/c1-18(33-27(38)24-25(29)34-35-15-5-12-31-26(24)35)22-16-23-32-17-21(9-8-19-10-13-30-14-11-19)37(23)28(39)36(22)20-6-3-2-4-7-20/h2-7,10-18H,1H3,(H2,29,34)(H,33,38)/t18-/m1/s1. The van der Waals surface area contributed by atoms with E-state index in [-0.39, 0.29) is 17.1 Å². The van der Waals surface area contributed by atoms with Crippen LogP contribution in [0, 0.1) is 11.8 Å². The van der Waals surface area contributed by atoms with E-state index in [0.717, 1.165) is 5.56 Å². The lowest BCUT2D eigenvalue weighted by atomic mass is 10.1. The van der Waals surface area contributed by atoms with Crippen molar-refractivity contribution in [2.45, 2.75) is 13.0 Å². The molecule has 0 saturated carbocycles. The number of hydrogen-bond acceptors (Lipinski definition) is 7. The molecule has 190 valence electrons. The number of amides is 1. The molecule has 1 amide bonds. The number of rotatable bonds is 4. The second-order valence-electron chi connectivity index (χ2n) is 8.69. The second kappa shape index (κ2) is 9.60. The molecule has 0 aliphatic heterocycles. The molecule has 0 aliphatic carbocycles. The van der Waals surface area contributed by atoms with Crippen molar-refractivity contribution in [1.29, 1.82) is 0 Å². The number of nitrogens with one attached hydrogen (secondary N) is 1. The number of para-hydroxylation sites is 1. The molecule has 6 aromatic rings. The van der Waals surface area contributed by atoms with E-state index in [4.69, 9.17) is 5.73 Å². The molecule has 1 aromatic carbocycles. The number of nitrogen functional groups attached to an aromatic ring is 1. The van der Waals surface area contributed by atoms with Gasteiger partial charge in [0, 0.05) is 36.4 Å². The number of benzene rings is 1. The molecule has 0 aliphatic rings. The summed E-state index contributed by atoms with van der Waals surface area (Å²) in [6.45, 7) is 1.78. The van der Waals surface area contributed by atoms with Gasteiger partial charge in [0.2, 0.25) is 0 Å². The highest BCUT2D eigenvalue weighted by Gasteiger charge is 2.24. The van der Waals surface area contributed by atoms with Crippen LogP contribution in [0.1, 0.15) is 40.3 Å². The highest BCUT2D eigenvalue weighted by Crippen LogP contribution is 2.21. The van der Waals surface area contributed by atoms with Crippen molar-refractivity contribution < 1.29 is 4.79 Å². The number of nitrogens with two attached hydrogens (primary N) is 1. The zero-order valence-corrected chi connectivity index (χ0v) is 20.7. The Kier molecular flexibility index (Phi) is 5.82. The molecule has 0 spiro atoms. The van der Waals surface area contributed by atoms with E-state index in [1.807, 2.05) is 30.3 Å². The third kappa shape index (κ3) is 4.25. The van der Waals surface area contributed by atoms with Gasteiger partial charge in [0.05, 0.1) is 23.6 Å². The summed E-state index contributed by atoms with van der Waals surface area (Å²) < 4.78 is 4.43. The van der Waals surface area contributed by atoms with Crippen LogP contribution >= 0.6 is 0 Å². The van der Waals surface area contributed by atoms with Gasteiger partial charge in [-0.25, -0.2) is 23.7 Å². The van der Waals surface area contributed by atoms with E-state index in [2.05, 4.69) is 37.2 Å². The van der Waals surface area contributed by atoms with Gasteiger partial charge in [0.15, 0.2) is 11.5 Å². The zero-order valence-electron chi connectivity index (χ0n) is 20.7. The Balaban J connectivity index is 1.45. The summed E-state index contributed by atoms with van der Waals surface area (Å²) in [6, 6.07) is 15.6. The Morgan fingerprint density at radius 2 is 1.82 bits per heavy atom. The first-order chi connectivity index (χ1) is 19.0. The van der Waals surface area contributed by atoms with Crippen molar-refractivity contribution in [2.24, 2.45) is 0 Å². The number of pyridine rings is 1. The van der Waals surface area contributed by atoms with Crippen molar-refractivity contribution in [3.63, 3.8) is 0 Å². The monoisotopic (exact) mass is 515 g/mol. The summed E-state index contributed by atoms with van der Waals surface area (Å²) in [5.41, 5.74) is 8.91. The minimum absolute atomic E-state index is 0.0555. The maximum Gasteiger partial charge on any atom is 0.339 e. The predicted octanol–water partition coefficient (Wildman–Crippen LogP) is 2.40. The van der Waals surface area contributed by atoms with Gasteiger partial charge < -0.3 is 11.1 Å². The number of nitrogens with zero attached hydrogens (tertiary/aromatic N) is 7. The van der Waals surface area contributed by atoms with E-state index in [9.17, 15) is 9.59 Å². The van der Waals surface area contributed by atoms with Gasteiger partial charge in [-0.1, -0.05) is 24.1 Å². The Morgan fingerprint density at radius 3 is 2.62 bits per heavy atom. The van der Waals surface area contributed by atoms with Crippen molar-refractivity contribution in [3.05, 3.63) is 119 Å². The number of aromatic nitrogens is 7. The summed E-state index contributed by atoms with van der Waals surface area (Å²) in [6.07, 6.45) is 8.08. The fourth-order valence-corrected chi connectivity index (χ4v) is 4.36. The zero-order chi connectivity index (χ0) is 26.9. The SMILES string of the molecule is C[C@@H](NC(=O)c1c(N)nn2cccnc12)c1cc2ncc(C#Cc3ccncc3)n2c(=O)n1-c1ccccc1. The molecule has 0 unspecified atom stereocenters. The number of fused-ring (bicyclic) bond motifs is 2. The van der Waals surface area contributed by atoms with Gasteiger partial charge in [-0.15, -0.1) is 5.10 Å². The van der Waals surface area contributed by atoms with Crippen LogP contribution in [0.25, 0.3) is 17.0 Å². The van der Waals surface area contributed by atoms with Gasteiger partial charge in [-0.2, -0.15) is 0 Å². The quantitative estimate of drug-likeness (QED) is 0.344. The van der Waals surface area contributed by atoms with Crippen LogP contribution in [-0.2, 0) is 0 Å².